The number of esters is 1. The largest absolute Gasteiger partial charge is 0.465 e. The molecule has 0 unspecified atom stereocenters. The summed E-state index contributed by atoms with van der Waals surface area (Å²) in [6.45, 7) is 6.70. The van der Waals surface area contributed by atoms with E-state index in [1.165, 1.54) is 24.6 Å². The van der Waals surface area contributed by atoms with E-state index in [-0.39, 0.29) is 22.8 Å². The van der Waals surface area contributed by atoms with Gasteiger partial charge in [0, 0.05) is 17.3 Å². The molecule has 2 aromatic heterocycles. The Morgan fingerprint density at radius 3 is 2.51 bits per heavy atom. The zero-order valence-electron chi connectivity index (χ0n) is 20.3. The van der Waals surface area contributed by atoms with Gasteiger partial charge in [0.25, 0.3) is 11.8 Å². The van der Waals surface area contributed by atoms with Crippen molar-refractivity contribution in [1.82, 2.24) is 4.98 Å². The highest BCUT2D eigenvalue weighted by Crippen LogP contribution is 2.44. The van der Waals surface area contributed by atoms with E-state index in [0.29, 0.717) is 27.7 Å². The Bertz CT molecular complexity index is 1260. The van der Waals surface area contributed by atoms with E-state index in [1.807, 2.05) is 0 Å². The third-order valence-electron chi connectivity index (χ3n) is 6.45. The molecule has 1 aliphatic carbocycles. The van der Waals surface area contributed by atoms with E-state index >= 15 is 0 Å². The molecule has 0 saturated heterocycles. The summed E-state index contributed by atoms with van der Waals surface area (Å²) in [6.07, 6.45) is 5.65. The number of nitrogens with one attached hydrogen (secondary N) is 2. The fourth-order valence-electron chi connectivity index (χ4n) is 4.39. The maximum absolute atomic E-state index is 13.6. The molecule has 4 rings (SSSR count). The van der Waals surface area contributed by atoms with Crippen LogP contribution >= 0.6 is 11.3 Å². The number of carbonyl (C=O) groups is 3. The van der Waals surface area contributed by atoms with Gasteiger partial charge in [-0.15, -0.1) is 11.3 Å². The van der Waals surface area contributed by atoms with E-state index in [9.17, 15) is 14.4 Å². The molecular weight excluding hydrogens is 462 g/mol. The van der Waals surface area contributed by atoms with Gasteiger partial charge in [-0.2, -0.15) is 0 Å². The van der Waals surface area contributed by atoms with Crippen LogP contribution in [0.4, 0.5) is 10.7 Å². The Morgan fingerprint density at radius 1 is 1.06 bits per heavy atom. The fraction of sp³-hybridized carbons (Fsp3) is 0.333. The van der Waals surface area contributed by atoms with Gasteiger partial charge >= 0.3 is 5.97 Å². The number of benzene rings is 1. The number of methoxy groups -OCH3 is 1. The van der Waals surface area contributed by atoms with Gasteiger partial charge in [0.05, 0.1) is 29.5 Å². The van der Waals surface area contributed by atoms with Crippen LogP contribution in [-0.4, -0.2) is 29.9 Å². The van der Waals surface area contributed by atoms with Crippen LogP contribution in [0.5, 0.6) is 0 Å². The fourth-order valence-corrected chi connectivity index (χ4v) is 5.71. The quantitative estimate of drug-likeness (QED) is 0.454. The molecule has 35 heavy (non-hydrogen) atoms. The molecule has 0 saturated carbocycles. The molecule has 1 aromatic carbocycles. The molecule has 2 heterocycles. The van der Waals surface area contributed by atoms with Crippen LogP contribution in [-0.2, 0) is 17.6 Å². The minimum absolute atomic E-state index is 0.142. The highest BCUT2D eigenvalue weighted by atomic mass is 32.1. The predicted molar refractivity (Wildman–Crippen MR) is 137 cm³/mol. The van der Waals surface area contributed by atoms with E-state index in [1.54, 1.807) is 42.6 Å². The van der Waals surface area contributed by atoms with Gasteiger partial charge in [-0.25, -0.2) is 4.79 Å². The number of amides is 2. The van der Waals surface area contributed by atoms with Crippen molar-refractivity contribution in [3.05, 3.63) is 75.9 Å². The summed E-state index contributed by atoms with van der Waals surface area (Å²) in [7, 11) is 1.30. The third-order valence-corrected chi connectivity index (χ3v) is 7.62. The molecule has 2 amide bonds. The molecule has 0 radical (unpaired) electrons. The number of carbonyl (C=O) groups excluding carboxylic acids is 3. The second-order valence-corrected chi connectivity index (χ2v) is 10.8. The Hall–Kier alpha value is -3.52. The van der Waals surface area contributed by atoms with Gasteiger partial charge in [0.2, 0.25) is 0 Å². The summed E-state index contributed by atoms with van der Waals surface area (Å²) in [6, 6.07) is 10.1. The molecule has 2 N–H and O–H groups in total. The maximum Gasteiger partial charge on any atom is 0.339 e. The van der Waals surface area contributed by atoms with Crippen LogP contribution in [0.15, 0.2) is 48.8 Å². The van der Waals surface area contributed by atoms with Gasteiger partial charge in [-0.05, 0) is 60.4 Å². The minimum Gasteiger partial charge on any atom is -0.465 e. The first-order chi connectivity index (χ1) is 16.7. The van der Waals surface area contributed by atoms with Crippen molar-refractivity contribution in [3.63, 3.8) is 0 Å². The van der Waals surface area contributed by atoms with Gasteiger partial charge in [-0.3, -0.25) is 14.6 Å². The smallest absolute Gasteiger partial charge is 0.339 e. The number of ether oxygens (including phenoxy) is 1. The van der Waals surface area contributed by atoms with Crippen molar-refractivity contribution >= 4 is 39.8 Å². The number of aromatic nitrogens is 1. The number of rotatable bonds is 5. The first-order valence-corrected chi connectivity index (χ1v) is 12.3. The van der Waals surface area contributed by atoms with Crippen molar-refractivity contribution in [2.75, 3.05) is 17.7 Å². The average molecular weight is 492 g/mol. The lowest BCUT2D eigenvalue weighted by atomic mass is 9.72. The van der Waals surface area contributed by atoms with Crippen molar-refractivity contribution in [2.45, 2.75) is 40.0 Å². The second kappa shape index (κ2) is 10.00. The Kier molecular flexibility index (Phi) is 7.03. The van der Waals surface area contributed by atoms with Crippen LogP contribution < -0.4 is 10.6 Å². The SMILES string of the molecule is COC(=O)c1ccccc1NC(=O)c1c(NC(=O)c2cccnc2)sc2c1CC[C@H](C(C)(C)C)C2. The van der Waals surface area contributed by atoms with Crippen LogP contribution in [0.1, 0.15) is 68.7 Å². The van der Waals surface area contributed by atoms with Crippen molar-refractivity contribution in [2.24, 2.45) is 11.3 Å². The van der Waals surface area contributed by atoms with E-state index in [4.69, 9.17) is 4.74 Å². The predicted octanol–water partition coefficient (Wildman–Crippen LogP) is 5.59. The molecule has 3 aromatic rings. The number of nitrogens with zero attached hydrogens (tertiary/aromatic N) is 1. The lowest BCUT2D eigenvalue weighted by Gasteiger charge is -2.33. The van der Waals surface area contributed by atoms with Crippen LogP contribution in [0.2, 0.25) is 0 Å². The Balaban J connectivity index is 1.71. The Labute approximate surface area is 208 Å². The first kappa shape index (κ1) is 24.6. The van der Waals surface area contributed by atoms with Gasteiger partial charge in [0.15, 0.2) is 0 Å². The molecule has 0 spiro atoms. The van der Waals surface area contributed by atoms with E-state index < -0.39 is 5.97 Å². The van der Waals surface area contributed by atoms with Gasteiger partial charge in [0.1, 0.15) is 5.00 Å². The molecule has 0 aliphatic heterocycles. The summed E-state index contributed by atoms with van der Waals surface area (Å²) >= 11 is 1.45. The molecule has 1 atom stereocenters. The number of hydrogen-bond acceptors (Lipinski definition) is 6. The molecule has 8 heteroatoms. The van der Waals surface area contributed by atoms with E-state index in [0.717, 1.165) is 29.7 Å². The van der Waals surface area contributed by atoms with Crippen LogP contribution in [0, 0.1) is 11.3 Å². The molecule has 182 valence electrons. The zero-order valence-corrected chi connectivity index (χ0v) is 21.1. The van der Waals surface area contributed by atoms with Crippen molar-refractivity contribution < 1.29 is 19.1 Å². The van der Waals surface area contributed by atoms with Crippen LogP contribution in [0.3, 0.4) is 0 Å². The number of anilines is 2. The molecule has 0 fully saturated rings. The number of thiophene rings is 1. The minimum atomic E-state index is -0.536. The summed E-state index contributed by atoms with van der Waals surface area (Å²) in [5.41, 5.74) is 2.59. The molecule has 0 bridgehead atoms. The van der Waals surface area contributed by atoms with Crippen LogP contribution in [0.25, 0.3) is 0 Å². The topological polar surface area (TPSA) is 97.4 Å². The molecule has 7 nitrogen and oxygen atoms in total. The molecule has 1 aliphatic rings. The normalized spacial score (nSPS) is 15.1. The van der Waals surface area contributed by atoms with Crippen molar-refractivity contribution in [3.8, 4) is 0 Å². The summed E-state index contributed by atoms with van der Waals surface area (Å²) in [5.74, 6) is -0.750. The number of hydrogen-bond donors (Lipinski definition) is 2. The summed E-state index contributed by atoms with van der Waals surface area (Å²) in [5, 5.41) is 6.32. The maximum atomic E-state index is 13.6. The van der Waals surface area contributed by atoms with Gasteiger partial charge in [-0.1, -0.05) is 32.9 Å². The summed E-state index contributed by atoms with van der Waals surface area (Å²) in [4.78, 5) is 43.9. The lowest BCUT2D eigenvalue weighted by Crippen LogP contribution is -2.27. The highest BCUT2D eigenvalue weighted by Gasteiger charge is 2.34. The summed E-state index contributed by atoms with van der Waals surface area (Å²) < 4.78 is 4.86. The zero-order chi connectivity index (χ0) is 25.2. The molecular formula is C27H29N3O4S. The number of para-hydroxylation sites is 1. The number of pyridine rings is 1. The third kappa shape index (κ3) is 5.27. The lowest BCUT2D eigenvalue weighted by molar-refractivity contribution is 0.0601. The average Bonchev–Trinajstić information content (AvgIpc) is 3.21. The second-order valence-electron chi connectivity index (χ2n) is 9.70. The standard InChI is InChI=1S/C27H29N3O4S/c1-27(2,3)17-11-12-19-21(14-17)35-25(30-23(31)16-8-7-13-28-15-16)22(19)24(32)29-20-10-6-5-9-18(20)26(33)34-4/h5-10,13,15,17H,11-12,14H2,1-4H3,(H,29,32)(H,30,31)/t17-/m0/s1. The first-order valence-electron chi connectivity index (χ1n) is 11.5. The Morgan fingerprint density at radius 2 is 1.83 bits per heavy atom. The van der Waals surface area contributed by atoms with Crippen molar-refractivity contribution in [1.29, 1.82) is 0 Å². The van der Waals surface area contributed by atoms with Gasteiger partial charge < -0.3 is 15.4 Å². The highest BCUT2D eigenvalue weighted by molar-refractivity contribution is 7.17. The van der Waals surface area contributed by atoms with E-state index in [2.05, 4.69) is 36.4 Å². The monoisotopic (exact) mass is 491 g/mol. The number of fused-ring (bicyclic) bond motifs is 1.